The highest BCUT2D eigenvalue weighted by Gasteiger charge is 2.47. The summed E-state index contributed by atoms with van der Waals surface area (Å²) in [4.78, 5) is 4.08. The van der Waals surface area contributed by atoms with Gasteiger partial charge in [-0.05, 0) is 47.7 Å². The number of thioether (sulfide) groups is 1. The maximum atomic E-state index is 13.3. The van der Waals surface area contributed by atoms with E-state index in [1.165, 1.54) is 37.5 Å². The second kappa shape index (κ2) is 11.1. The summed E-state index contributed by atoms with van der Waals surface area (Å²) in [5, 5.41) is 20.9. The molecule has 3 rings (SSSR count). The Balaban J connectivity index is 2.02. The zero-order valence-corrected chi connectivity index (χ0v) is 20.7. The molecule has 0 aliphatic carbocycles. The minimum absolute atomic E-state index is 0.103. The first-order chi connectivity index (χ1) is 17.2. The van der Waals surface area contributed by atoms with Gasteiger partial charge < -0.3 is 9.84 Å². The van der Waals surface area contributed by atoms with Crippen LogP contribution < -0.4 is 9.75 Å². The first-order valence-corrected chi connectivity index (χ1v) is 11.5. The number of aliphatic imine (C=N–C) groups is 1. The van der Waals surface area contributed by atoms with Gasteiger partial charge in [0.2, 0.25) is 0 Å². The average Bonchev–Trinajstić information content (AvgIpc) is 3.11. The van der Waals surface area contributed by atoms with Gasteiger partial charge in [0.15, 0.2) is 23.4 Å². The van der Waals surface area contributed by atoms with Gasteiger partial charge >= 0.3 is 11.7 Å². The number of alkyl halides is 6. The lowest BCUT2D eigenvalue weighted by atomic mass is 10.1. The summed E-state index contributed by atoms with van der Waals surface area (Å²) < 4.78 is 84.2. The fourth-order valence-electron chi connectivity index (χ4n) is 3.21. The number of anilines is 1. The van der Waals surface area contributed by atoms with Crippen molar-refractivity contribution in [2.24, 2.45) is 10.1 Å². The Hall–Kier alpha value is -3.08. The van der Waals surface area contributed by atoms with Gasteiger partial charge in [-0.2, -0.15) is 36.7 Å². The van der Waals surface area contributed by atoms with Crippen LogP contribution in [0.2, 0.25) is 10.0 Å². The molecule has 0 amide bonds. The first kappa shape index (κ1) is 28.5. The molecule has 0 saturated heterocycles. The van der Waals surface area contributed by atoms with Crippen LogP contribution >= 0.6 is 35.0 Å². The van der Waals surface area contributed by atoms with Gasteiger partial charge in [-0.3, -0.25) is 4.99 Å². The Morgan fingerprint density at radius 1 is 1.16 bits per heavy atom. The van der Waals surface area contributed by atoms with Crippen molar-refractivity contribution in [3.05, 3.63) is 57.6 Å². The predicted octanol–water partition coefficient (Wildman–Crippen LogP) is 7.16. The summed E-state index contributed by atoms with van der Waals surface area (Å²) in [6.07, 6.45) is -2.33. The Morgan fingerprint density at radius 2 is 1.81 bits per heavy atom. The van der Waals surface area contributed by atoms with Crippen LogP contribution in [0.1, 0.15) is 11.1 Å². The van der Waals surface area contributed by atoms with Crippen LogP contribution in [0, 0.1) is 11.3 Å². The molecule has 0 saturated carbocycles. The molecule has 1 aliphatic rings. The molecule has 2 atom stereocenters. The van der Waals surface area contributed by atoms with Crippen molar-refractivity contribution in [1.29, 1.82) is 5.26 Å². The largest absolute Gasteiger partial charge is 0.504 e. The van der Waals surface area contributed by atoms with E-state index in [-0.39, 0.29) is 17.2 Å². The molecule has 2 unspecified atom stereocenters. The highest BCUT2D eigenvalue weighted by Crippen LogP contribution is 2.46. The van der Waals surface area contributed by atoms with Gasteiger partial charge in [0.1, 0.15) is 11.3 Å². The summed E-state index contributed by atoms with van der Waals surface area (Å²) in [7, 11) is 1.35. The Labute approximate surface area is 220 Å². The molecule has 196 valence electrons. The third kappa shape index (κ3) is 6.82. The maximum Gasteiger partial charge on any atom is 0.442 e. The van der Waals surface area contributed by atoms with Gasteiger partial charge in [0, 0.05) is 6.21 Å². The van der Waals surface area contributed by atoms with Crippen molar-refractivity contribution < 1.29 is 36.2 Å². The molecular formula is C22H14Cl2F6N4O2S. The molecule has 1 aliphatic heterocycles. The van der Waals surface area contributed by atoms with E-state index >= 15 is 0 Å². The first-order valence-electron chi connectivity index (χ1n) is 9.90. The highest BCUT2D eigenvalue weighted by atomic mass is 35.5. The molecule has 0 aromatic heterocycles. The van der Waals surface area contributed by atoms with Crippen molar-refractivity contribution in [3.63, 3.8) is 0 Å². The molecule has 0 radical (unpaired) electrons. The van der Waals surface area contributed by atoms with E-state index in [2.05, 4.69) is 10.1 Å². The van der Waals surface area contributed by atoms with Crippen LogP contribution in [0.15, 0.2) is 46.5 Å². The lowest BCUT2D eigenvalue weighted by Crippen LogP contribution is -2.36. The summed E-state index contributed by atoms with van der Waals surface area (Å²) >= 11 is 11.5. The minimum atomic E-state index is -4.79. The number of benzene rings is 2. The average molecular weight is 583 g/mol. The molecule has 6 nitrogen and oxygen atoms in total. The smallest absolute Gasteiger partial charge is 0.442 e. The second-order valence-corrected chi connectivity index (χ2v) is 9.24. The summed E-state index contributed by atoms with van der Waals surface area (Å²) in [6, 6.07) is 7.05. The van der Waals surface area contributed by atoms with E-state index in [4.69, 9.17) is 27.9 Å². The van der Waals surface area contributed by atoms with Gasteiger partial charge in [-0.1, -0.05) is 35.3 Å². The quantitative estimate of drug-likeness (QED) is 0.289. The number of hydrogen-bond acceptors (Lipinski definition) is 7. The molecule has 0 bridgehead atoms. The number of halogens is 8. The molecule has 2 aromatic rings. The third-order valence-electron chi connectivity index (χ3n) is 4.77. The highest BCUT2D eigenvalue weighted by molar-refractivity contribution is 8.01. The number of hydrogen-bond donors (Lipinski definition) is 1. The van der Waals surface area contributed by atoms with Crippen LogP contribution in [0.5, 0.6) is 11.5 Å². The van der Waals surface area contributed by atoms with Crippen molar-refractivity contribution in [3.8, 4) is 17.6 Å². The zero-order valence-electron chi connectivity index (χ0n) is 18.3. The Morgan fingerprint density at radius 3 is 2.35 bits per heavy atom. The SMILES string of the molecule is COc1cc(/C=C/C=NC2C(SC(F)(F)F)C(C#N)=NN2c2c(Cl)cc(C(F)(F)F)cc2Cl)ccc1O. The molecule has 1 N–H and O–H groups in total. The fraction of sp³-hybridized carbons (Fsp3) is 0.227. The normalized spacial score (nSPS) is 18.5. The summed E-state index contributed by atoms with van der Waals surface area (Å²) in [5.74, 6) is 0.0785. The van der Waals surface area contributed by atoms with Crippen LogP contribution in [0.4, 0.5) is 32.0 Å². The second-order valence-electron chi connectivity index (χ2n) is 7.21. The standard InChI is InChI=1S/C22H14Cl2F6N4O2S/c1-36-17-7-11(4-5-16(17)35)3-2-6-32-20-19(37-22(28,29)30)15(10-31)33-34(20)18-13(23)8-12(9-14(18)24)21(25,26)27/h2-9,19-20,35H,1H3/b3-2+,32-6?. The third-order valence-corrected chi connectivity index (χ3v) is 6.34. The molecule has 0 spiro atoms. The summed E-state index contributed by atoms with van der Waals surface area (Å²) in [5.41, 5.74) is -6.34. The van der Waals surface area contributed by atoms with Crippen LogP contribution in [0.25, 0.3) is 6.08 Å². The fourth-order valence-corrected chi connectivity index (χ4v) is 4.68. The van der Waals surface area contributed by atoms with E-state index in [9.17, 15) is 36.7 Å². The number of phenolic OH excluding ortho intramolecular Hbond substituents is 1. The van der Waals surface area contributed by atoms with Crippen LogP contribution in [-0.2, 0) is 6.18 Å². The van der Waals surface area contributed by atoms with E-state index in [0.717, 1.165) is 11.2 Å². The predicted molar refractivity (Wildman–Crippen MR) is 130 cm³/mol. The number of ether oxygens (including phenoxy) is 1. The van der Waals surface area contributed by atoms with Gasteiger partial charge in [0.25, 0.3) is 0 Å². The number of methoxy groups -OCH3 is 1. The van der Waals surface area contributed by atoms with E-state index in [1.54, 1.807) is 6.07 Å². The molecule has 0 fully saturated rings. The number of rotatable bonds is 6. The molecule has 15 heteroatoms. The Bertz CT molecular complexity index is 1280. The minimum Gasteiger partial charge on any atom is -0.504 e. The van der Waals surface area contributed by atoms with Gasteiger partial charge in [-0.25, -0.2) is 5.01 Å². The monoisotopic (exact) mass is 582 g/mol. The van der Waals surface area contributed by atoms with Crippen LogP contribution in [-0.4, -0.2) is 41.1 Å². The zero-order chi connectivity index (χ0) is 27.5. The lowest BCUT2D eigenvalue weighted by Gasteiger charge is -2.26. The van der Waals surface area contributed by atoms with E-state index in [1.807, 2.05) is 0 Å². The van der Waals surface area contributed by atoms with E-state index < -0.39 is 56.2 Å². The van der Waals surface area contributed by atoms with Crippen molar-refractivity contribution in [2.45, 2.75) is 23.1 Å². The van der Waals surface area contributed by atoms with E-state index in [0.29, 0.717) is 17.7 Å². The van der Waals surface area contributed by atoms with Crippen molar-refractivity contribution in [2.75, 3.05) is 12.1 Å². The number of nitriles is 1. The maximum absolute atomic E-state index is 13.3. The number of nitrogens with zero attached hydrogens (tertiary/aromatic N) is 4. The number of aromatic hydroxyl groups is 1. The number of allylic oxidation sites excluding steroid dienone is 1. The van der Waals surface area contributed by atoms with Crippen LogP contribution in [0.3, 0.4) is 0 Å². The number of hydrazone groups is 1. The Kier molecular flexibility index (Phi) is 8.56. The summed E-state index contributed by atoms with van der Waals surface area (Å²) in [6.45, 7) is 0. The topological polar surface area (TPSA) is 81.2 Å². The van der Waals surface area contributed by atoms with Crippen molar-refractivity contribution >= 4 is 58.7 Å². The lowest BCUT2D eigenvalue weighted by molar-refractivity contribution is -0.137. The molecular weight excluding hydrogens is 569 g/mol. The van der Waals surface area contributed by atoms with Gasteiger partial charge in [0.05, 0.1) is 28.4 Å². The molecule has 1 heterocycles. The molecule has 37 heavy (non-hydrogen) atoms. The number of phenols is 1. The van der Waals surface area contributed by atoms with Crippen molar-refractivity contribution in [1.82, 2.24) is 0 Å². The molecule has 2 aromatic carbocycles. The van der Waals surface area contributed by atoms with Gasteiger partial charge in [-0.15, -0.1) is 0 Å².